The number of Topliss-reactive ketones (excluding diaryl/α,β-unsaturated/α-hetero) is 2. The second-order valence-corrected chi connectivity index (χ2v) is 13.6. The average Bonchev–Trinajstić information content (AvgIpc) is 3.02. The molecule has 244 valence electrons. The summed E-state index contributed by atoms with van der Waals surface area (Å²) < 4.78 is 1.05. The Bertz CT molecular complexity index is 1850. The van der Waals surface area contributed by atoms with Crippen molar-refractivity contribution in [1.29, 1.82) is 0 Å². The minimum Gasteiger partial charge on any atom is -0.508 e. The van der Waals surface area contributed by atoms with E-state index >= 15 is 0 Å². The maximum absolute atomic E-state index is 14.1. The lowest BCUT2D eigenvalue weighted by Gasteiger charge is -2.50. The molecular weight excluding hydrogens is 666 g/mol. The van der Waals surface area contributed by atoms with Crippen LogP contribution in [-0.4, -0.2) is 75.1 Å². The van der Waals surface area contributed by atoms with Crippen LogP contribution < -0.4 is 11.1 Å². The number of likely N-dealkylation sites (N-methyl/N-ethyl adjacent to an activating group) is 1. The van der Waals surface area contributed by atoms with Crippen LogP contribution in [0.25, 0.3) is 16.9 Å². The normalized spacial score (nSPS) is 23.9. The second kappa shape index (κ2) is 12.4. The van der Waals surface area contributed by atoms with E-state index in [0.717, 1.165) is 34.1 Å². The Kier molecular flexibility index (Phi) is 8.60. The molecule has 0 spiro atoms. The maximum Gasteiger partial charge on any atom is 0.255 e. The first-order chi connectivity index (χ1) is 22.3. The summed E-state index contributed by atoms with van der Waals surface area (Å²) in [5.41, 5.74) is 6.35. The molecule has 47 heavy (non-hydrogen) atoms. The number of nitrogens with zero attached hydrogens (tertiary/aromatic N) is 1. The van der Waals surface area contributed by atoms with Crippen LogP contribution >= 0.6 is 15.9 Å². The van der Waals surface area contributed by atoms with E-state index in [-0.39, 0.29) is 29.7 Å². The molecule has 1 amide bonds. The highest BCUT2D eigenvalue weighted by Crippen LogP contribution is 2.53. The van der Waals surface area contributed by atoms with Crippen LogP contribution in [0.2, 0.25) is 0 Å². The van der Waals surface area contributed by atoms with Gasteiger partial charge in [-0.3, -0.25) is 19.3 Å². The Morgan fingerprint density at radius 3 is 2.30 bits per heavy atom. The number of aliphatic hydroxyl groups excluding tert-OH is 2. The van der Waals surface area contributed by atoms with Gasteiger partial charge in [-0.15, -0.1) is 0 Å². The zero-order chi connectivity index (χ0) is 33.8. The van der Waals surface area contributed by atoms with Crippen molar-refractivity contribution >= 4 is 39.2 Å². The van der Waals surface area contributed by atoms with Gasteiger partial charge in [-0.25, -0.2) is 0 Å². The number of aliphatic hydroxyl groups is 3. The quantitative estimate of drug-likeness (QED) is 0.151. The number of hydrogen-bond acceptors (Lipinski definition) is 9. The molecule has 0 bridgehead atoms. The number of halogens is 1. The zero-order valence-electron chi connectivity index (χ0n) is 26.0. The minimum atomic E-state index is -2.67. The molecular formula is C36H36BrN3O7. The molecule has 3 aliphatic rings. The lowest BCUT2D eigenvalue weighted by atomic mass is 9.57. The first-order valence-electron chi connectivity index (χ1n) is 15.4. The molecule has 0 radical (unpaired) electrons. The van der Waals surface area contributed by atoms with Gasteiger partial charge in [0.1, 0.15) is 22.8 Å². The van der Waals surface area contributed by atoms with Gasteiger partial charge in [0.25, 0.3) is 5.91 Å². The smallest absolute Gasteiger partial charge is 0.255 e. The number of amides is 1. The van der Waals surface area contributed by atoms with Crippen molar-refractivity contribution in [3.05, 3.63) is 104 Å². The standard InChI is InChI=1S/C36H36BrN3O7/c1-40(2)30-25-16-21-15-24-23(20-7-3-19(4-8-20)17-39-14-13-18-5-9-22(37)10-6-18)11-12-26(41)28(24)31(42)27(21)33(44)36(25,47)34(45)29(32(30)43)35(38)46/h3-12,21,25,30,39,41-42,45,47H,13-17H2,1-2H3,(H2,38,46)/t21-,25-,30-,36-/m0/s1. The van der Waals surface area contributed by atoms with Crippen molar-refractivity contribution in [2.75, 3.05) is 20.6 Å². The second-order valence-electron chi connectivity index (χ2n) is 12.7. The Morgan fingerprint density at radius 2 is 1.66 bits per heavy atom. The molecule has 6 rings (SSSR count). The minimum absolute atomic E-state index is 0.0335. The summed E-state index contributed by atoms with van der Waals surface area (Å²) in [6, 6.07) is 18.3. The monoisotopic (exact) mass is 701 g/mol. The third-order valence-corrected chi connectivity index (χ3v) is 10.2. The van der Waals surface area contributed by atoms with Gasteiger partial charge in [-0.05, 0) is 91.8 Å². The molecule has 11 heteroatoms. The molecule has 0 heterocycles. The van der Waals surface area contributed by atoms with Crippen molar-refractivity contribution in [3.63, 3.8) is 0 Å². The summed E-state index contributed by atoms with van der Waals surface area (Å²) >= 11 is 3.45. The van der Waals surface area contributed by atoms with Crippen LogP contribution in [0, 0.1) is 11.8 Å². The highest BCUT2D eigenvalue weighted by molar-refractivity contribution is 9.10. The lowest BCUT2D eigenvalue weighted by Crippen LogP contribution is -2.65. The SMILES string of the molecule is CN(C)[C@@H]1C(=O)C(C(N)=O)=C(O)[C@@]2(O)C(=O)C3=C(O)c4c(O)ccc(-c5ccc(CNCCc6ccc(Br)cc6)cc5)c4C[C@H]3C[C@@H]12. The van der Waals surface area contributed by atoms with E-state index in [4.69, 9.17) is 5.73 Å². The number of nitrogens with one attached hydrogen (secondary N) is 1. The van der Waals surface area contributed by atoms with Crippen molar-refractivity contribution in [2.24, 2.45) is 17.6 Å². The van der Waals surface area contributed by atoms with Crippen LogP contribution in [0.3, 0.4) is 0 Å². The van der Waals surface area contributed by atoms with Gasteiger partial charge >= 0.3 is 0 Å². The average molecular weight is 703 g/mol. The van der Waals surface area contributed by atoms with E-state index in [0.29, 0.717) is 12.1 Å². The van der Waals surface area contributed by atoms with Gasteiger partial charge in [0.2, 0.25) is 5.78 Å². The molecule has 10 nitrogen and oxygen atoms in total. The predicted molar refractivity (Wildman–Crippen MR) is 179 cm³/mol. The summed E-state index contributed by atoms with van der Waals surface area (Å²) in [6.07, 6.45) is 1.15. The van der Waals surface area contributed by atoms with Crippen molar-refractivity contribution < 1.29 is 34.8 Å². The molecule has 0 aliphatic heterocycles. The number of nitrogens with two attached hydrogens (primary N) is 1. The molecule has 0 saturated heterocycles. The number of benzene rings is 3. The third kappa shape index (κ3) is 5.46. The van der Waals surface area contributed by atoms with Gasteiger partial charge in [-0.2, -0.15) is 0 Å². The third-order valence-electron chi connectivity index (χ3n) is 9.70. The number of primary amides is 1. The molecule has 3 aromatic carbocycles. The van der Waals surface area contributed by atoms with E-state index in [1.807, 2.05) is 36.4 Å². The summed E-state index contributed by atoms with van der Waals surface area (Å²) in [7, 11) is 3.15. The van der Waals surface area contributed by atoms with Crippen molar-refractivity contribution in [3.8, 4) is 16.9 Å². The fourth-order valence-corrected chi connectivity index (χ4v) is 7.70. The number of rotatable bonds is 8. The van der Waals surface area contributed by atoms with E-state index < -0.39 is 58.0 Å². The van der Waals surface area contributed by atoms with Crippen LogP contribution in [0.5, 0.6) is 5.75 Å². The first kappa shape index (κ1) is 32.6. The number of carbonyl (C=O) groups excluding carboxylic acids is 3. The number of aromatic hydroxyl groups is 1. The number of phenolic OH excluding ortho intramolecular Hbond substituents is 1. The van der Waals surface area contributed by atoms with Gasteiger partial charge in [0.15, 0.2) is 11.4 Å². The van der Waals surface area contributed by atoms with Gasteiger partial charge in [0, 0.05) is 22.5 Å². The molecule has 3 aliphatic carbocycles. The number of carbonyl (C=O) groups is 3. The summed E-state index contributed by atoms with van der Waals surface area (Å²) in [5.74, 6) is -6.70. The van der Waals surface area contributed by atoms with Crippen LogP contribution in [0.4, 0.5) is 0 Å². The van der Waals surface area contributed by atoms with Crippen LogP contribution in [0.15, 0.2) is 82.0 Å². The van der Waals surface area contributed by atoms with Crippen molar-refractivity contribution in [1.82, 2.24) is 10.2 Å². The van der Waals surface area contributed by atoms with E-state index in [2.05, 4.69) is 33.4 Å². The van der Waals surface area contributed by atoms with Crippen molar-refractivity contribution in [2.45, 2.75) is 37.5 Å². The molecule has 3 aromatic rings. The molecule has 0 aromatic heterocycles. The summed E-state index contributed by atoms with van der Waals surface area (Å²) in [5, 5.41) is 48.7. The highest BCUT2D eigenvalue weighted by atomic mass is 79.9. The Labute approximate surface area is 280 Å². The predicted octanol–water partition coefficient (Wildman–Crippen LogP) is 3.73. The Morgan fingerprint density at radius 1 is 1.00 bits per heavy atom. The molecule has 1 saturated carbocycles. The van der Waals surface area contributed by atoms with E-state index in [1.54, 1.807) is 20.2 Å². The number of phenols is 1. The van der Waals surface area contributed by atoms with Crippen LogP contribution in [-0.2, 0) is 33.8 Å². The first-order valence-corrected chi connectivity index (χ1v) is 16.2. The maximum atomic E-state index is 14.1. The molecule has 0 unspecified atom stereocenters. The number of fused-ring (bicyclic) bond motifs is 3. The van der Waals surface area contributed by atoms with Gasteiger partial charge in [0.05, 0.1) is 11.6 Å². The number of hydrogen-bond donors (Lipinski definition) is 6. The summed E-state index contributed by atoms with van der Waals surface area (Å²) in [6.45, 7) is 1.49. The number of ketones is 2. The highest BCUT2D eigenvalue weighted by Gasteiger charge is 2.64. The molecule has 7 N–H and O–H groups in total. The van der Waals surface area contributed by atoms with Gasteiger partial charge < -0.3 is 31.5 Å². The zero-order valence-corrected chi connectivity index (χ0v) is 27.5. The van der Waals surface area contributed by atoms with E-state index in [9.17, 15) is 34.8 Å². The largest absolute Gasteiger partial charge is 0.508 e. The molecule has 4 atom stereocenters. The fourth-order valence-electron chi connectivity index (χ4n) is 7.43. The van der Waals surface area contributed by atoms with E-state index in [1.165, 1.54) is 16.5 Å². The Balaban J connectivity index is 1.31. The Hall–Kier alpha value is -4.29. The summed E-state index contributed by atoms with van der Waals surface area (Å²) in [4.78, 5) is 41.1. The van der Waals surface area contributed by atoms with Gasteiger partial charge in [-0.1, -0.05) is 58.4 Å². The molecule has 1 fully saturated rings. The lowest BCUT2D eigenvalue weighted by molar-refractivity contribution is -0.153. The fraction of sp³-hybridized carbons (Fsp3) is 0.306. The van der Waals surface area contributed by atoms with Crippen LogP contribution in [0.1, 0.15) is 28.7 Å². The topological polar surface area (TPSA) is 173 Å².